The Kier molecular flexibility index (Phi) is 6.33. The van der Waals surface area contributed by atoms with Crippen LogP contribution in [0.4, 0.5) is 0 Å². The van der Waals surface area contributed by atoms with Crippen LogP contribution in [0.1, 0.15) is 30.5 Å². The average Bonchev–Trinajstić information content (AvgIpc) is 2.72. The summed E-state index contributed by atoms with van der Waals surface area (Å²) in [7, 11) is 1.64. The van der Waals surface area contributed by atoms with E-state index in [4.69, 9.17) is 4.74 Å². The van der Waals surface area contributed by atoms with Crippen LogP contribution in [0.25, 0.3) is 23.3 Å². The molecule has 0 fully saturated rings. The van der Waals surface area contributed by atoms with Crippen molar-refractivity contribution in [2.45, 2.75) is 20.3 Å². The minimum absolute atomic E-state index is 0.260. The SMILES string of the molecule is COc1cc(/C=C/c2ccc(-c3ccccc3)cc2)cc(O)c1CC=C(C)C. The number of hydrogen-bond acceptors (Lipinski definition) is 2. The van der Waals surface area contributed by atoms with Crippen LogP contribution in [0.15, 0.2) is 78.4 Å². The molecule has 0 aliphatic rings. The topological polar surface area (TPSA) is 29.5 Å². The van der Waals surface area contributed by atoms with E-state index in [0.29, 0.717) is 12.2 Å². The highest BCUT2D eigenvalue weighted by atomic mass is 16.5. The highest BCUT2D eigenvalue weighted by Gasteiger charge is 2.09. The van der Waals surface area contributed by atoms with Crippen LogP contribution in [0.3, 0.4) is 0 Å². The summed E-state index contributed by atoms with van der Waals surface area (Å²) in [6.45, 7) is 4.09. The van der Waals surface area contributed by atoms with Gasteiger partial charge in [-0.25, -0.2) is 0 Å². The number of aromatic hydroxyl groups is 1. The van der Waals surface area contributed by atoms with E-state index in [1.54, 1.807) is 13.2 Å². The lowest BCUT2D eigenvalue weighted by Gasteiger charge is -2.11. The van der Waals surface area contributed by atoms with Gasteiger partial charge in [0.2, 0.25) is 0 Å². The Bertz CT molecular complexity index is 977. The third-order valence-corrected chi connectivity index (χ3v) is 4.63. The minimum atomic E-state index is 0.260. The maximum absolute atomic E-state index is 10.4. The fourth-order valence-electron chi connectivity index (χ4n) is 3.05. The van der Waals surface area contributed by atoms with E-state index < -0.39 is 0 Å². The van der Waals surface area contributed by atoms with E-state index in [9.17, 15) is 5.11 Å². The van der Waals surface area contributed by atoms with Crippen LogP contribution in [0.2, 0.25) is 0 Å². The first-order chi connectivity index (χ1) is 13.6. The highest BCUT2D eigenvalue weighted by Crippen LogP contribution is 2.31. The monoisotopic (exact) mass is 370 g/mol. The third-order valence-electron chi connectivity index (χ3n) is 4.63. The summed E-state index contributed by atoms with van der Waals surface area (Å²) in [6.07, 6.45) is 6.77. The molecule has 0 unspecified atom stereocenters. The van der Waals surface area contributed by atoms with Gasteiger partial charge in [0.05, 0.1) is 7.11 Å². The second kappa shape index (κ2) is 9.09. The highest BCUT2D eigenvalue weighted by molar-refractivity contribution is 5.73. The summed E-state index contributed by atoms with van der Waals surface area (Å²) in [6, 6.07) is 22.5. The molecule has 0 saturated carbocycles. The third kappa shape index (κ3) is 4.92. The summed E-state index contributed by atoms with van der Waals surface area (Å²) < 4.78 is 5.49. The predicted octanol–water partition coefficient (Wildman–Crippen LogP) is 6.75. The largest absolute Gasteiger partial charge is 0.507 e. The van der Waals surface area contributed by atoms with Crippen molar-refractivity contribution < 1.29 is 9.84 Å². The van der Waals surface area contributed by atoms with Crippen molar-refractivity contribution >= 4 is 12.2 Å². The van der Waals surface area contributed by atoms with Gasteiger partial charge in [-0.05, 0) is 54.7 Å². The van der Waals surface area contributed by atoms with Crippen LogP contribution in [0, 0.1) is 0 Å². The number of hydrogen-bond donors (Lipinski definition) is 1. The van der Waals surface area contributed by atoms with Gasteiger partial charge in [0.15, 0.2) is 0 Å². The van der Waals surface area contributed by atoms with Gasteiger partial charge in [0, 0.05) is 5.56 Å². The van der Waals surface area contributed by atoms with Gasteiger partial charge in [0.1, 0.15) is 11.5 Å². The lowest BCUT2D eigenvalue weighted by molar-refractivity contribution is 0.401. The molecule has 0 aliphatic heterocycles. The molecule has 2 nitrogen and oxygen atoms in total. The Balaban J connectivity index is 1.80. The van der Waals surface area contributed by atoms with Crippen LogP contribution >= 0.6 is 0 Å². The van der Waals surface area contributed by atoms with Gasteiger partial charge in [-0.2, -0.15) is 0 Å². The maximum Gasteiger partial charge on any atom is 0.126 e. The first-order valence-electron chi connectivity index (χ1n) is 9.43. The molecule has 3 rings (SSSR count). The minimum Gasteiger partial charge on any atom is -0.507 e. The smallest absolute Gasteiger partial charge is 0.126 e. The van der Waals surface area contributed by atoms with Crippen molar-refractivity contribution in [3.05, 3.63) is 95.1 Å². The van der Waals surface area contributed by atoms with Crippen molar-refractivity contribution in [3.63, 3.8) is 0 Å². The lowest BCUT2D eigenvalue weighted by Crippen LogP contribution is -1.93. The second-order valence-electron chi connectivity index (χ2n) is 7.03. The number of benzene rings is 3. The van der Waals surface area contributed by atoms with Gasteiger partial charge in [-0.3, -0.25) is 0 Å². The molecule has 0 bridgehead atoms. The summed E-state index contributed by atoms with van der Waals surface area (Å²) in [5.74, 6) is 0.965. The Morgan fingerprint density at radius 3 is 2.14 bits per heavy atom. The van der Waals surface area contributed by atoms with Crippen LogP contribution in [-0.2, 0) is 6.42 Å². The molecule has 1 N–H and O–H groups in total. The van der Waals surface area contributed by atoms with E-state index in [1.807, 2.05) is 50.3 Å². The van der Waals surface area contributed by atoms with E-state index in [2.05, 4.69) is 42.5 Å². The van der Waals surface area contributed by atoms with Gasteiger partial charge in [0.25, 0.3) is 0 Å². The zero-order chi connectivity index (χ0) is 19.9. The molecule has 0 spiro atoms. The van der Waals surface area contributed by atoms with Crippen molar-refractivity contribution in [2.75, 3.05) is 7.11 Å². The molecule has 3 aromatic carbocycles. The Morgan fingerprint density at radius 1 is 0.857 bits per heavy atom. The number of rotatable bonds is 6. The van der Waals surface area contributed by atoms with Crippen LogP contribution in [0.5, 0.6) is 11.5 Å². The average molecular weight is 370 g/mol. The molecule has 0 amide bonds. The van der Waals surface area contributed by atoms with E-state index in [1.165, 1.54) is 16.7 Å². The number of ether oxygens (including phenoxy) is 1. The van der Waals surface area contributed by atoms with Crippen molar-refractivity contribution in [1.82, 2.24) is 0 Å². The molecule has 0 atom stereocenters. The fraction of sp³-hybridized carbons (Fsp3) is 0.154. The van der Waals surface area contributed by atoms with Crippen LogP contribution in [-0.4, -0.2) is 12.2 Å². The zero-order valence-corrected chi connectivity index (χ0v) is 16.6. The molecule has 3 aromatic rings. The van der Waals surface area contributed by atoms with Gasteiger partial charge in [-0.1, -0.05) is 78.4 Å². The predicted molar refractivity (Wildman–Crippen MR) is 119 cm³/mol. The van der Waals surface area contributed by atoms with Gasteiger partial charge >= 0.3 is 0 Å². The lowest BCUT2D eigenvalue weighted by atomic mass is 10.0. The van der Waals surface area contributed by atoms with E-state index >= 15 is 0 Å². The van der Waals surface area contributed by atoms with E-state index in [0.717, 1.165) is 16.7 Å². The molecule has 0 aliphatic carbocycles. The Hall–Kier alpha value is -3.26. The molecular formula is C26H26O2. The molecule has 0 saturated heterocycles. The quantitative estimate of drug-likeness (QED) is 0.384. The van der Waals surface area contributed by atoms with Gasteiger partial charge in [-0.15, -0.1) is 0 Å². The second-order valence-corrected chi connectivity index (χ2v) is 7.03. The summed E-state index contributed by atoms with van der Waals surface area (Å²) in [5, 5.41) is 10.4. The summed E-state index contributed by atoms with van der Waals surface area (Å²) in [5.41, 5.74) is 6.44. The van der Waals surface area contributed by atoms with Gasteiger partial charge < -0.3 is 9.84 Å². The molecule has 2 heteroatoms. The first-order valence-corrected chi connectivity index (χ1v) is 9.43. The molecular weight excluding hydrogens is 344 g/mol. The zero-order valence-electron chi connectivity index (χ0n) is 16.6. The maximum atomic E-state index is 10.4. The standard InChI is InChI=1S/C26H26O2/c1-19(2)9-16-24-25(27)17-21(18-26(24)28-3)11-10-20-12-14-23(15-13-20)22-7-5-4-6-8-22/h4-15,17-18,27H,16H2,1-3H3/b11-10+. The summed E-state index contributed by atoms with van der Waals surface area (Å²) in [4.78, 5) is 0. The molecule has 142 valence electrons. The molecule has 0 aromatic heterocycles. The molecule has 0 heterocycles. The molecule has 28 heavy (non-hydrogen) atoms. The van der Waals surface area contributed by atoms with Crippen molar-refractivity contribution in [2.24, 2.45) is 0 Å². The Morgan fingerprint density at radius 2 is 1.50 bits per heavy atom. The summed E-state index contributed by atoms with van der Waals surface area (Å²) >= 11 is 0. The number of phenolic OH excluding ortho intramolecular Hbond substituents is 1. The van der Waals surface area contributed by atoms with Crippen molar-refractivity contribution in [3.8, 4) is 22.6 Å². The number of methoxy groups -OCH3 is 1. The normalized spacial score (nSPS) is 10.8. The number of allylic oxidation sites excluding steroid dienone is 2. The number of phenols is 1. The first kappa shape index (κ1) is 19.5. The fourth-order valence-corrected chi connectivity index (χ4v) is 3.05. The van der Waals surface area contributed by atoms with Crippen molar-refractivity contribution in [1.29, 1.82) is 0 Å². The van der Waals surface area contributed by atoms with Crippen LogP contribution < -0.4 is 4.74 Å². The molecule has 0 radical (unpaired) electrons. The Labute approximate surface area is 167 Å². The van der Waals surface area contributed by atoms with E-state index in [-0.39, 0.29) is 5.75 Å².